The number of hydrogen-bond donors (Lipinski definition) is 1. The number of aliphatic carboxylic acids is 1. The van der Waals surface area contributed by atoms with E-state index in [1.54, 1.807) is 0 Å². The molecule has 0 saturated heterocycles. The largest absolute Gasteiger partial charge is 0.486 e. The van der Waals surface area contributed by atoms with Gasteiger partial charge in [-0.3, -0.25) is 9.10 Å². The highest BCUT2D eigenvalue weighted by Crippen LogP contribution is 2.46. The fourth-order valence-corrected chi connectivity index (χ4v) is 6.48. The molecule has 14 heteroatoms. The minimum absolute atomic E-state index is 0.0415. The maximum atomic E-state index is 14.2. The van der Waals surface area contributed by atoms with Gasteiger partial charge in [0, 0.05) is 6.07 Å². The van der Waals surface area contributed by atoms with Crippen LogP contribution in [0.25, 0.3) is 11.1 Å². The maximum Gasteiger partial charge on any atom is 0.416 e. The lowest BCUT2D eigenvalue weighted by Gasteiger charge is -2.43. The van der Waals surface area contributed by atoms with Crippen LogP contribution in [0.4, 0.5) is 32.0 Å². The average molecular weight is 602 g/mol. The molecule has 0 unspecified atom stereocenters. The second-order valence-corrected chi connectivity index (χ2v) is 11.6. The van der Waals surface area contributed by atoms with Crippen molar-refractivity contribution in [1.82, 2.24) is 0 Å². The summed E-state index contributed by atoms with van der Waals surface area (Å²) in [5.41, 5.74) is -1.01. The van der Waals surface area contributed by atoms with E-state index in [0.717, 1.165) is 40.7 Å². The molecule has 0 spiro atoms. The van der Waals surface area contributed by atoms with Gasteiger partial charge in [-0.15, -0.1) is 0 Å². The van der Waals surface area contributed by atoms with Gasteiger partial charge in [-0.25, -0.2) is 12.8 Å². The Morgan fingerprint density at radius 1 is 1.02 bits per heavy atom. The highest BCUT2D eigenvalue weighted by Gasteiger charge is 2.45. The summed E-state index contributed by atoms with van der Waals surface area (Å²) in [6, 6.07) is 10.2. The lowest BCUT2D eigenvalue weighted by atomic mass is 9.72. The van der Waals surface area contributed by atoms with Crippen molar-refractivity contribution in [3.05, 3.63) is 72.0 Å². The minimum atomic E-state index is -4.81. The fraction of sp³-hybridized carbons (Fsp3) is 0.296. The van der Waals surface area contributed by atoms with Gasteiger partial charge >= 0.3 is 18.8 Å². The van der Waals surface area contributed by atoms with Gasteiger partial charge in [0.25, 0.3) is 10.0 Å². The van der Waals surface area contributed by atoms with E-state index in [2.05, 4.69) is 4.74 Å². The van der Waals surface area contributed by atoms with E-state index in [9.17, 15) is 44.7 Å². The Balaban J connectivity index is 1.58. The van der Waals surface area contributed by atoms with Gasteiger partial charge in [0.05, 0.1) is 28.6 Å². The molecule has 0 amide bonds. The molecule has 2 aliphatic rings. The van der Waals surface area contributed by atoms with Crippen LogP contribution < -0.4 is 13.8 Å². The number of hydrogen-bond acceptors (Lipinski definition) is 5. The van der Waals surface area contributed by atoms with Crippen LogP contribution in [0, 0.1) is 17.7 Å². The third-order valence-electron chi connectivity index (χ3n) is 7.08. The molecule has 3 aromatic rings. The quantitative estimate of drug-likeness (QED) is 0.325. The first kappa shape index (κ1) is 28.6. The van der Waals surface area contributed by atoms with Crippen LogP contribution >= 0.6 is 0 Å². The van der Waals surface area contributed by atoms with Crippen molar-refractivity contribution >= 4 is 21.7 Å². The summed E-state index contributed by atoms with van der Waals surface area (Å²) >= 11 is 0. The summed E-state index contributed by atoms with van der Waals surface area (Å²) in [6.45, 7) is -3.56. The number of ether oxygens (including phenoxy) is 2. The molecule has 0 radical (unpaired) electrons. The number of benzene rings is 3. The zero-order valence-corrected chi connectivity index (χ0v) is 21.6. The molecule has 1 aliphatic carbocycles. The Morgan fingerprint density at radius 3 is 2.41 bits per heavy atom. The molecule has 0 aromatic heterocycles. The summed E-state index contributed by atoms with van der Waals surface area (Å²) < 4.78 is 119. The number of sulfonamides is 1. The van der Waals surface area contributed by atoms with Crippen molar-refractivity contribution in [3.8, 4) is 22.6 Å². The predicted molar refractivity (Wildman–Crippen MR) is 133 cm³/mol. The SMILES string of the molecule is O=C(O)[C@H]1C[C@H]([C@H]2CN(S(=O)(=O)c3cccc(C(F)(F)F)c3)c3cc(-c4cc(F)cc(OC(F)F)c4)ccc3O2)C1. The van der Waals surface area contributed by atoms with E-state index in [4.69, 9.17) is 4.74 Å². The van der Waals surface area contributed by atoms with Gasteiger partial charge in [-0.2, -0.15) is 22.0 Å². The number of alkyl halides is 5. The highest BCUT2D eigenvalue weighted by molar-refractivity contribution is 7.92. The zero-order chi connectivity index (χ0) is 29.7. The molecular weight excluding hydrogens is 580 g/mol. The second kappa shape index (κ2) is 10.5. The number of anilines is 1. The topological polar surface area (TPSA) is 93.1 Å². The Morgan fingerprint density at radius 2 is 1.76 bits per heavy atom. The summed E-state index contributed by atoms with van der Waals surface area (Å²) in [4.78, 5) is 10.7. The van der Waals surface area contributed by atoms with Gasteiger partial charge < -0.3 is 14.6 Å². The van der Waals surface area contributed by atoms with Crippen molar-refractivity contribution in [2.75, 3.05) is 10.8 Å². The number of carboxylic acids is 1. The summed E-state index contributed by atoms with van der Waals surface area (Å²) in [5, 5.41) is 9.24. The highest BCUT2D eigenvalue weighted by atomic mass is 32.2. The van der Waals surface area contributed by atoms with Crippen LogP contribution in [0.1, 0.15) is 18.4 Å². The van der Waals surface area contributed by atoms with Crippen LogP contribution in [-0.4, -0.2) is 38.8 Å². The number of nitrogens with zero attached hydrogens (tertiary/aromatic N) is 1. The molecule has 5 rings (SSSR count). The molecule has 0 bridgehead atoms. The summed E-state index contributed by atoms with van der Waals surface area (Å²) in [5.74, 6) is -3.30. The fourth-order valence-electron chi connectivity index (χ4n) is 4.95. The lowest BCUT2D eigenvalue weighted by Crippen LogP contribution is -2.50. The normalized spacial score (nSPS) is 20.7. The molecule has 218 valence electrons. The van der Waals surface area contributed by atoms with E-state index < -0.39 is 62.8 Å². The number of fused-ring (bicyclic) bond motifs is 1. The smallest absolute Gasteiger partial charge is 0.416 e. The van der Waals surface area contributed by atoms with Gasteiger partial charge in [-0.1, -0.05) is 12.1 Å². The predicted octanol–water partition coefficient (Wildman–Crippen LogP) is 6.18. The van der Waals surface area contributed by atoms with Crippen LogP contribution in [-0.2, 0) is 21.0 Å². The average Bonchev–Trinajstić information content (AvgIpc) is 2.85. The van der Waals surface area contributed by atoms with Crippen molar-refractivity contribution in [2.24, 2.45) is 11.8 Å². The molecule has 1 aliphatic heterocycles. The molecule has 41 heavy (non-hydrogen) atoms. The Labute approximate surface area is 230 Å². The zero-order valence-electron chi connectivity index (χ0n) is 20.8. The standard InChI is InChI=1S/C27H21F6NO6S/c28-19-8-15(9-20(12-19)39-26(29)30)14-4-5-23-22(10-14)34(13-24(40-23)16-6-17(7-16)25(35)36)41(37,38)21-3-1-2-18(11-21)27(31,32)33/h1-5,8-12,16-17,24,26H,6-7,13H2,(H,35,36)/t16-,17-,24-/m1/s1. The van der Waals surface area contributed by atoms with Crippen molar-refractivity contribution in [1.29, 1.82) is 0 Å². The third kappa shape index (κ3) is 5.78. The molecule has 1 fully saturated rings. The Bertz CT molecular complexity index is 1590. The number of carbonyl (C=O) groups is 1. The molecule has 1 atom stereocenters. The molecule has 1 saturated carbocycles. The first-order valence-electron chi connectivity index (χ1n) is 12.2. The van der Waals surface area contributed by atoms with Gasteiger partial charge in [0.15, 0.2) is 0 Å². The Hall–Kier alpha value is -3.94. The second-order valence-electron chi connectivity index (χ2n) is 9.72. The number of carboxylic acid groups (broad SMARTS) is 1. The van der Waals surface area contributed by atoms with Crippen LogP contribution in [0.2, 0.25) is 0 Å². The summed E-state index contributed by atoms with van der Waals surface area (Å²) in [6.07, 6.45) is -5.16. The van der Waals surface area contributed by atoms with Gasteiger partial charge in [0.2, 0.25) is 0 Å². The first-order valence-corrected chi connectivity index (χ1v) is 13.7. The lowest BCUT2D eigenvalue weighted by molar-refractivity contribution is -0.147. The monoisotopic (exact) mass is 601 g/mol. The van der Waals surface area contributed by atoms with E-state index in [0.29, 0.717) is 6.07 Å². The Kier molecular flexibility index (Phi) is 7.30. The maximum absolute atomic E-state index is 14.2. The van der Waals surface area contributed by atoms with E-state index in [1.807, 2.05) is 0 Å². The van der Waals surface area contributed by atoms with Crippen molar-refractivity contribution in [2.45, 2.75) is 36.6 Å². The summed E-state index contributed by atoms with van der Waals surface area (Å²) in [7, 11) is -4.63. The van der Waals surface area contributed by atoms with Crippen LogP contribution in [0.15, 0.2) is 65.6 Å². The van der Waals surface area contributed by atoms with Gasteiger partial charge in [-0.05, 0) is 72.4 Å². The van der Waals surface area contributed by atoms with Gasteiger partial charge in [0.1, 0.15) is 23.4 Å². The molecule has 7 nitrogen and oxygen atoms in total. The first-order chi connectivity index (χ1) is 19.2. The number of halogens is 6. The minimum Gasteiger partial charge on any atom is -0.486 e. The van der Waals surface area contributed by atoms with Crippen molar-refractivity contribution < 1.29 is 54.1 Å². The van der Waals surface area contributed by atoms with E-state index in [-0.39, 0.29) is 47.9 Å². The van der Waals surface area contributed by atoms with E-state index in [1.165, 1.54) is 18.2 Å². The third-order valence-corrected chi connectivity index (χ3v) is 8.86. The molecular formula is C27H21F6NO6S. The molecule has 1 N–H and O–H groups in total. The molecule has 3 aromatic carbocycles. The van der Waals surface area contributed by atoms with Crippen LogP contribution in [0.5, 0.6) is 11.5 Å². The number of rotatable bonds is 7. The van der Waals surface area contributed by atoms with E-state index >= 15 is 0 Å². The van der Waals surface area contributed by atoms with Crippen LogP contribution in [0.3, 0.4) is 0 Å². The molecule has 1 heterocycles. The van der Waals surface area contributed by atoms with Crippen molar-refractivity contribution in [3.63, 3.8) is 0 Å².